The van der Waals surface area contributed by atoms with Crippen LogP contribution in [0.4, 0.5) is 22.1 Å². The first-order chi connectivity index (χ1) is 16.9. The smallest absolute Gasteiger partial charge is 0.323 e. The van der Waals surface area contributed by atoms with Gasteiger partial charge in [0, 0.05) is 52.2 Å². The van der Waals surface area contributed by atoms with Gasteiger partial charge in [-0.3, -0.25) is 20.3 Å². The van der Waals surface area contributed by atoms with Crippen molar-refractivity contribution in [2.24, 2.45) is 11.8 Å². The third-order valence-corrected chi connectivity index (χ3v) is 6.80. The van der Waals surface area contributed by atoms with Crippen LogP contribution in [0, 0.1) is 11.8 Å². The van der Waals surface area contributed by atoms with E-state index in [4.69, 9.17) is 10.2 Å². The van der Waals surface area contributed by atoms with Crippen LogP contribution < -0.4 is 20.6 Å². The van der Waals surface area contributed by atoms with Gasteiger partial charge in [-0.1, -0.05) is 0 Å². The molecule has 3 amide bonds. The third-order valence-electron chi connectivity index (χ3n) is 6.80. The molecule has 0 aliphatic carbocycles. The number of hydrogen-bond donors (Lipinski definition) is 3. The zero-order chi connectivity index (χ0) is 24.5. The summed E-state index contributed by atoms with van der Waals surface area (Å²) in [6.07, 6.45) is 4.12. The minimum absolute atomic E-state index is 0.202. The quantitative estimate of drug-likeness (QED) is 0.386. The van der Waals surface area contributed by atoms with Gasteiger partial charge in [-0.25, -0.2) is 20.2 Å². The Morgan fingerprint density at radius 3 is 2.60 bits per heavy atom. The van der Waals surface area contributed by atoms with Gasteiger partial charge < -0.3 is 14.7 Å². The fraction of sp³-hybridized carbons (Fsp3) is 0.375. The first-order valence-electron chi connectivity index (χ1n) is 11.6. The van der Waals surface area contributed by atoms with E-state index in [9.17, 15) is 9.59 Å². The highest BCUT2D eigenvalue weighted by Crippen LogP contribution is 2.33. The Labute approximate surface area is 202 Å². The molecular formula is C24H28N8O3. The second kappa shape index (κ2) is 9.34. The summed E-state index contributed by atoms with van der Waals surface area (Å²) < 4.78 is 0. The lowest BCUT2D eigenvalue weighted by molar-refractivity contribution is 0.0706. The number of nitrogens with one attached hydrogen (secondary N) is 2. The number of piperidine rings is 1. The van der Waals surface area contributed by atoms with E-state index in [1.54, 1.807) is 5.48 Å². The molecule has 3 aromatic rings. The lowest BCUT2D eigenvalue weighted by Gasteiger charge is -2.34. The molecule has 2 aromatic heterocycles. The molecule has 2 aliphatic rings. The molecule has 2 atom stereocenters. The maximum atomic E-state index is 12.8. The zero-order valence-corrected chi connectivity index (χ0v) is 19.7. The fourth-order valence-corrected chi connectivity index (χ4v) is 4.82. The molecule has 0 radical (unpaired) electrons. The summed E-state index contributed by atoms with van der Waals surface area (Å²) in [6, 6.07) is 8.90. The highest BCUT2D eigenvalue weighted by molar-refractivity contribution is 5.94. The predicted octanol–water partition coefficient (Wildman–Crippen LogP) is 2.20. The second-order valence-electron chi connectivity index (χ2n) is 9.26. The van der Waals surface area contributed by atoms with Crippen molar-refractivity contribution in [2.45, 2.75) is 6.42 Å². The summed E-state index contributed by atoms with van der Waals surface area (Å²) >= 11 is 0. The Morgan fingerprint density at radius 1 is 1.03 bits per heavy atom. The molecule has 0 bridgehead atoms. The molecule has 35 heavy (non-hydrogen) atoms. The molecule has 2 saturated heterocycles. The van der Waals surface area contributed by atoms with Crippen molar-refractivity contribution in [1.29, 1.82) is 0 Å². The van der Waals surface area contributed by atoms with Gasteiger partial charge in [0.05, 0.1) is 22.8 Å². The number of pyridine rings is 1. The van der Waals surface area contributed by atoms with Crippen LogP contribution in [0.5, 0.6) is 0 Å². The lowest BCUT2D eigenvalue weighted by Crippen LogP contribution is -2.40. The number of benzene rings is 1. The maximum Gasteiger partial charge on any atom is 0.323 e. The number of amides is 3. The summed E-state index contributed by atoms with van der Waals surface area (Å²) in [6.45, 7) is 3.06. The number of likely N-dealkylation sites (tertiary alicyclic amines) is 1. The number of carbonyl (C=O) groups excluding carboxylic acids is 2. The van der Waals surface area contributed by atoms with Crippen LogP contribution in [0.15, 0.2) is 42.7 Å². The van der Waals surface area contributed by atoms with Crippen molar-refractivity contribution in [3.63, 3.8) is 0 Å². The van der Waals surface area contributed by atoms with Gasteiger partial charge in [-0.15, -0.1) is 0 Å². The van der Waals surface area contributed by atoms with E-state index in [-0.39, 0.29) is 11.6 Å². The molecular weight excluding hydrogens is 448 g/mol. The highest BCUT2D eigenvalue weighted by Gasteiger charge is 2.39. The van der Waals surface area contributed by atoms with Crippen LogP contribution in [0.1, 0.15) is 16.8 Å². The van der Waals surface area contributed by atoms with Gasteiger partial charge in [0.2, 0.25) is 0 Å². The highest BCUT2D eigenvalue weighted by atomic mass is 16.5. The van der Waals surface area contributed by atoms with Crippen molar-refractivity contribution in [3.8, 4) is 0 Å². The average molecular weight is 477 g/mol. The van der Waals surface area contributed by atoms with Crippen molar-refractivity contribution in [2.75, 3.05) is 55.4 Å². The largest absolute Gasteiger partial charge is 0.378 e. The number of hydroxylamine groups is 1. The van der Waals surface area contributed by atoms with Gasteiger partial charge in [0.1, 0.15) is 11.6 Å². The lowest BCUT2D eigenvalue weighted by atomic mass is 9.89. The Morgan fingerprint density at radius 2 is 1.86 bits per heavy atom. The number of nitrogens with zero attached hydrogens (tertiary/aromatic N) is 6. The summed E-state index contributed by atoms with van der Waals surface area (Å²) in [5, 5.41) is 11.5. The van der Waals surface area contributed by atoms with Crippen molar-refractivity contribution in [1.82, 2.24) is 25.3 Å². The molecule has 2 aliphatic heterocycles. The van der Waals surface area contributed by atoms with Crippen LogP contribution in [0.2, 0.25) is 0 Å². The first-order valence-corrected chi connectivity index (χ1v) is 11.6. The number of rotatable bonds is 4. The number of fused-ring (bicyclic) bond motifs is 2. The van der Waals surface area contributed by atoms with Crippen molar-refractivity contribution in [3.05, 3.63) is 48.3 Å². The minimum Gasteiger partial charge on any atom is -0.378 e. The van der Waals surface area contributed by atoms with Crippen LogP contribution >= 0.6 is 0 Å². The SMILES string of the molecule is CN(C)c1ccc2nc(N3CCC4CN(C(=O)Nc5ccc(C(=O)NO)cn5)CC4C3)cnc2c1. The van der Waals surface area contributed by atoms with Gasteiger partial charge in [-0.2, -0.15) is 0 Å². The Bertz CT molecular complexity index is 1250. The average Bonchev–Trinajstić information content (AvgIpc) is 3.32. The number of carbonyl (C=O) groups is 2. The summed E-state index contributed by atoms with van der Waals surface area (Å²) in [5.74, 6) is 1.36. The molecule has 11 nitrogen and oxygen atoms in total. The van der Waals surface area contributed by atoms with E-state index in [0.717, 1.165) is 42.0 Å². The Kier molecular flexibility index (Phi) is 6.08. The minimum atomic E-state index is -0.655. The number of anilines is 3. The molecule has 11 heteroatoms. The molecule has 3 N–H and O–H groups in total. The normalized spacial score (nSPS) is 19.4. The van der Waals surface area contributed by atoms with Gasteiger partial charge in [-0.05, 0) is 48.6 Å². The number of urea groups is 1. The zero-order valence-electron chi connectivity index (χ0n) is 19.7. The molecule has 4 heterocycles. The van der Waals surface area contributed by atoms with E-state index in [1.807, 2.05) is 48.3 Å². The van der Waals surface area contributed by atoms with E-state index >= 15 is 0 Å². The maximum absolute atomic E-state index is 12.8. The monoisotopic (exact) mass is 476 g/mol. The fourth-order valence-electron chi connectivity index (χ4n) is 4.82. The van der Waals surface area contributed by atoms with Gasteiger partial charge in [0.15, 0.2) is 0 Å². The van der Waals surface area contributed by atoms with E-state index in [0.29, 0.717) is 30.7 Å². The van der Waals surface area contributed by atoms with Crippen LogP contribution in [0.3, 0.4) is 0 Å². The summed E-state index contributed by atoms with van der Waals surface area (Å²) in [7, 11) is 4.01. The molecule has 1 aromatic carbocycles. The molecule has 2 unspecified atom stereocenters. The number of aromatic nitrogens is 3. The van der Waals surface area contributed by atoms with Crippen molar-refractivity contribution >= 4 is 40.3 Å². The summed E-state index contributed by atoms with van der Waals surface area (Å²) in [4.78, 5) is 44.0. The predicted molar refractivity (Wildman–Crippen MR) is 132 cm³/mol. The topological polar surface area (TPSA) is 127 Å². The molecule has 182 valence electrons. The Balaban J connectivity index is 1.21. The molecule has 0 spiro atoms. The van der Waals surface area contributed by atoms with Crippen LogP contribution in [-0.4, -0.2) is 77.3 Å². The van der Waals surface area contributed by atoms with Gasteiger partial charge in [0.25, 0.3) is 5.91 Å². The van der Waals surface area contributed by atoms with E-state index in [1.165, 1.54) is 18.3 Å². The molecule has 5 rings (SSSR count). The Hall–Kier alpha value is -3.99. The first kappa shape index (κ1) is 22.8. The van der Waals surface area contributed by atoms with Crippen LogP contribution in [0.25, 0.3) is 11.0 Å². The second-order valence-corrected chi connectivity index (χ2v) is 9.26. The third kappa shape index (κ3) is 4.67. The number of hydrogen-bond acceptors (Lipinski definition) is 8. The van der Waals surface area contributed by atoms with Crippen molar-refractivity contribution < 1.29 is 14.8 Å². The van der Waals surface area contributed by atoms with E-state index < -0.39 is 5.91 Å². The van der Waals surface area contributed by atoms with Crippen LogP contribution in [-0.2, 0) is 0 Å². The molecule has 2 fully saturated rings. The standard InChI is InChI=1S/C24H28N8O3/c1-30(2)18-4-5-19-20(9-18)25-11-22(27-19)31-8-7-16-12-32(14-17(16)13-31)24(34)28-21-6-3-15(10-26-21)23(33)29-35/h3-6,9-11,16-17,35H,7-8,12-14H2,1-2H3,(H,29,33)(H,26,28,34). The van der Waals surface area contributed by atoms with E-state index in [2.05, 4.69) is 20.2 Å². The molecule has 0 saturated carbocycles. The summed E-state index contributed by atoms with van der Waals surface area (Å²) in [5.41, 5.74) is 4.59. The van der Waals surface area contributed by atoms with Gasteiger partial charge >= 0.3 is 6.03 Å².